The molecule has 2 rings (SSSR count). The summed E-state index contributed by atoms with van der Waals surface area (Å²) in [6, 6.07) is 0.104. The minimum atomic E-state index is -0.481. The maximum atomic E-state index is 11.8. The van der Waals surface area contributed by atoms with Crippen LogP contribution < -0.4 is 16.0 Å². The molecule has 1 aliphatic heterocycles. The van der Waals surface area contributed by atoms with Crippen LogP contribution in [0.3, 0.4) is 0 Å². The van der Waals surface area contributed by atoms with Crippen molar-refractivity contribution < 1.29 is 9.53 Å². The van der Waals surface area contributed by atoms with Crippen molar-refractivity contribution in [2.75, 3.05) is 23.7 Å². The van der Waals surface area contributed by atoms with Crippen LogP contribution in [0.2, 0.25) is 0 Å². The molecule has 2 heterocycles. The Labute approximate surface area is 138 Å². The van der Waals surface area contributed by atoms with Gasteiger partial charge in [-0.1, -0.05) is 0 Å². The number of nitrogens with zero attached hydrogens (tertiary/aromatic N) is 3. The minimum absolute atomic E-state index is 0.104. The number of ether oxygens (including phenoxy) is 1. The van der Waals surface area contributed by atoms with E-state index in [0.29, 0.717) is 16.2 Å². The summed E-state index contributed by atoms with van der Waals surface area (Å²) in [6.07, 6.45) is 2.84. The highest BCUT2D eigenvalue weighted by Gasteiger charge is 2.25. The second-order valence-electron chi connectivity index (χ2n) is 6.31. The van der Waals surface area contributed by atoms with Crippen LogP contribution in [0.25, 0.3) is 0 Å². The van der Waals surface area contributed by atoms with Crippen LogP contribution in [0.5, 0.6) is 0 Å². The van der Waals surface area contributed by atoms with Crippen molar-refractivity contribution in [2.24, 2.45) is 0 Å². The Morgan fingerprint density at radius 2 is 2.09 bits per heavy atom. The highest BCUT2D eigenvalue weighted by atomic mass is 79.9. The molecule has 0 bridgehead atoms. The second kappa shape index (κ2) is 6.68. The molecule has 1 aromatic rings. The zero-order valence-corrected chi connectivity index (χ0v) is 14.7. The molecule has 7 nitrogen and oxygen atoms in total. The summed E-state index contributed by atoms with van der Waals surface area (Å²) in [5.41, 5.74) is 5.40. The second-order valence-corrected chi connectivity index (χ2v) is 7.12. The number of nitrogen functional groups attached to an aromatic ring is 1. The summed E-state index contributed by atoms with van der Waals surface area (Å²) in [7, 11) is 0. The van der Waals surface area contributed by atoms with Crippen LogP contribution in [-0.4, -0.2) is 40.8 Å². The normalized spacial score (nSPS) is 16.5. The zero-order chi connectivity index (χ0) is 16.3. The molecule has 1 aliphatic rings. The van der Waals surface area contributed by atoms with E-state index >= 15 is 0 Å². The van der Waals surface area contributed by atoms with Gasteiger partial charge in [0, 0.05) is 19.1 Å². The number of nitrogens with one attached hydrogen (secondary N) is 1. The molecule has 0 saturated carbocycles. The summed E-state index contributed by atoms with van der Waals surface area (Å²) in [6.45, 7) is 7.07. The Hall–Kier alpha value is -1.57. The van der Waals surface area contributed by atoms with Gasteiger partial charge in [-0.3, -0.25) is 0 Å². The first kappa shape index (κ1) is 16.8. The van der Waals surface area contributed by atoms with Gasteiger partial charge in [-0.2, -0.15) is 0 Å². The molecular formula is C14H22BrN5O2. The third kappa shape index (κ3) is 4.72. The van der Waals surface area contributed by atoms with Gasteiger partial charge in [-0.05, 0) is 49.5 Å². The Bertz CT molecular complexity index is 539. The fourth-order valence-corrected chi connectivity index (χ4v) is 2.58. The number of hydrogen-bond acceptors (Lipinski definition) is 6. The van der Waals surface area contributed by atoms with Crippen molar-refractivity contribution in [1.29, 1.82) is 0 Å². The number of aromatic nitrogens is 2. The molecular weight excluding hydrogens is 350 g/mol. The van der Waals surface area contributed by atoms with Crippen molar-refractivity contribution in [3.8, 4) is 0 Å². The zero-order valence-electron chi connectivity index (χ0n) is 13.1. The average molecular weight is 372 g/mol. The monoisotopic (exact) mass is 371 g/mol. The Balaban J connectivity index is 1.88. The highest BCUT2D eigenvalue weighted by molar-refractivity contribution is 9.10. The van der Waals surface area contributed by atoms with Crippen molar-refractivity contribution >= 4 is 33.7 Å². The number of rotatable bonds is 2. The van der Waals surface area contributed by atoms with E-state index in [1.165, 1.54) is 0 Å². The lowest BCUT2D eigenvalue weighted by atomic mass is 10.1. The molecule has 0 atom stereocenters. The van der Waals surface area contributed by atoms with Crippen LogP contribution in [0.1, 0.15) is 33.6 Å². The first-order valence-electron chi connectivity index (χ1n) is 7.27. The first-order chi connectivity index (χ1) is 10.2. The van der Waals surface area contributed by atoms with Gasteiger partial charge in [-0.25, -0.2) is 14.8 Å². The fourth-order valence-electron chi connectivity index (χ4n) is 2.31. The molecule has 8 heteroatoms. The van der Waals surface area contributed by atoms with Crippen LogP contribution in [0, 0.1) is 0 Å². The highest BCUT2D eigenvalue weighted by Crippen LogP contribution is 2.24. The molecule has 1 amide bonds. The summed E-state index contributed by atoms with van der Waals surface area (Å²) >= 11 is 3.31. The maximum Gasteiger partial charge on any atom is 0.407 e. The Kier molecular flexibility index (Phi) is 5.10. The topological polar surface area (TPSA) is 93.4 Å². The maximum absolute atomic E-state index is 11.8. The van der Waals surface area contributed by atoms with E-state index in [1.807, 2.05) is 20.8 Å². The fraction of sp³-hybridized carbons (Fsp3) is 0.643. The number of nitrogens with two attached hydrogens (primary N) is 1. The standard InChI is InChI=1S/C14H22BrN5O2/c1-14(2,3)22-13(21)18-9-4-6-20(7-5-9)12-11(16)17-8-10(15)19-12/h8-9H,4-7H2,1-3H3,(H2,16,17)(H,18,21). The van der Waals surface area contributed by atoms with Crippen LogP contribution in [0.15, 0.2) is 10.8 Å². The van der Waals surface area contributed by atoms with Crippen LogP contribution >= 0.6 is 15.9 Å². The number of carbonyl (C=O) groups is 1. The predicted octanol–water partition coefficient (Wildman–Crippen LogP) is 2.31. The van der Waals surface area contributed by atoms with E-state index in [1.54, 1.807) is 6.20 Å². The number of hydrogen-bond donors (Lipinski definition) is 2. The lowest BCUT2D eigenvalue weighted by Gasteiger charge is -2.33. The number of anilines is 2. The Morgan fingerprint density at radius 3 is 2.68 bits per heavy atom. The summed E-state index contributed by atoms with van der Waals surface area (Å²) in [5.74, 6) is 1.10. The van der Waals surface area contributed by atoms with Gasteiger partial charge in [0.1, 0.15) is 10.2 Å². The minimum Gasteiger partial charge on any atom is -0.444 e. The van der Waals surface area contributed by atoms with Gasteiger partial charge in [-0.15, -0.1) is 0 Å². The van der Waals surface area contributed by atoms with Gasteiger partial charge in [0.05, 0.1) is 6.20 Å². The van der Waals surface area contributed by atoms with Crippen LogP contribution in [-0.2, 0) is 4.74 Å². The number of amides is 1. The molecule has 0 aliphatic carbocycles. The number of alkyl carbamates (subject to hydrolysis) is 1. The number of carbonyl (C=O) groups excluding carboxylic acids is 1. The number of halogens is 1. The third-order valence-corrected chi connectivity index (χ3v) is 3.65. The van der Waals surface area contributed by atoms with Crippen molar-refractivity contribution in [3.05, 3.63) is 10.8 Å². The van der Waals surface area contributed by atoms with Crippen molar-refractivity contribution in [3.63, 3.8) is 0 Å². The van der Waals surface area contributed by atoms with Gasteiger partial charge in [0.15, 0.2) is 11.6 Å². The third-order valence-electron chi connectivity index (χ3n) is 3.27. The first-order valence-corrected chi connectivity index (χ1v) is 8.06. The predicted molar refractivity (Wildman–Crippen MR) is 88.7 cm³/mol. The van der Waals surface area contributed by atoms with Crippen LogP contribution in [0.4, 0.5) is 16.4 Å². The molecule has 122 valence electrons. The van der Waals surface area contributed by atoms with Gasteiger partial charge >= 0.3 is 6.09 Å². The lowest BCUT2D eigenvalue weighted by Crippen LogP contribution is -2.46. The van der Waals surface area contributed by atoms with E-state index in [0.717, 1.165) is 25.9 Å². The van der Waals surface area contributed by atoms with E-state index in [9.17, 15) is 4.79 Å². The number of piperidine rings is 1. The van der Waals surface area contributed by atoms with Crippen molar-refractivity contribution in [2.45, 2.75) is 45.3 Å². The average Bonchev–Trinajstić information content (AvgIpc) is 2.40. The van der Waals surface area contributed by atoms with E-state index in [-0.39, 0.29) is 12.1 Å². The largest absolute Gasteiger partial charge is 0.444 e. The van der Waals surface area contributed by atoms with E-state index in [2.05, 4.69) is 36.1 Å². The summed E-state index contributed by atoms with van der Waals surface area (Å²) < 4.78 is 5.93. The van der Waals surface area contributed by atoms with Gasteiger partial charge < -0.3 is 20.7 Å². The molecule has 1 saturated heterocycles. The lowest BCUT2D eigenvalue weighted by molar-refractivity contribution is 0.0497. The molecule has 1 aromatic heterocycles. The molecule has 0 radical (unpaired) electrons. The molecule has 0 spiro atoms. The molecule has 0 aromatic carbocycles. The molecule has 3 N–H and O–H groups in total. The Morgan fingerprint density at radius 1 is 1.45 bits per heavy atom. The molecule has 0 unspecified atom stereocenters. The molecule has 1 fully saturated rings. The van der Waals surface area contributed by atoms with E-state index < -0.39 is 5.60 Å². The summed E-state index contributed by atoms with van der Waals surface area (Å²) in [5, 5.41) is 2.91. The quantitative estimate of drug-likeness (QED) is 0.828. The van der Waals surface area contributed by atoms with E-state index in [4.69, 9.17) is 10.5 Å². The molecule has 22 heavy (non-hydrogen) atoms. The SMILES string of the molecule is CC(C)(C)OC(=O)NC1CCN(c2nc(Br)cnc2N)CC1. The van der Waals surface area contributed by atoms with Crippen molar-refractivity contribution in [1.82, 2.24) is 15.3 Å². The van der Waals surface area contributed by atoms with Gasteiger partial charge in [0.2, 0.25) is 0 Å². The summed E-state index contributed by atoms with van der Waals surface area (Å²) in [4.78, 5) is 22.3. The van der Waals surface area contributed by atoms with Gasteiger partial charge in [0.25, 0.3) is 0 Å². The smallest absolute Gasteiger partial charge is 0.407 e.